The average Bonchev–Trinajstić information content (AvgIpc) is 1.99. The van der Waals surface area contributed by atoms with Gasteiger partial charge >= 0.3 is 5.97 Å². The Balaban J connectivity index is 4.91. The van der Waals surface area contributed by atoms with Gasteiger partial charge in [0.15, 0.2) is 0 Å². The smallest absolute Gasteiger partial charge is 0.333 e. The third kappa shape index (κ3) is 3.81. The fourth-order valence-electron chi connectivity index (χ4n) is 1.54. The van der Waals surface area contributed by atoms with Crippen LogP contribution in [0.5, 0.6) is 0 Å². The van der Waals surface area contributed by atoms with Crippen molar-refractivity contribution < 1.29 is 9.90 Å². The summed E-state index contributed by atoms with van der Waals surface area (Å²) in [6.45, 7) is 6.01. The highest BCUT2D eigenvalue weighted by Crippen LogP contribution is 2.31. The molecule has 0 aromatic heterocycles. The largest absolute Gasteiger partial charge is 0.478 e. The van der Waals surface area contributed by atoms with E-state index < -0.39 is 5.97 Å². The average molecular weight is 199 g/mol. The van der Waals surface area contributed by atoms with Gasteiger partial charge in [0.05, 0.1) is 5.57 Å². The lowest BCUT2D eigenvalue weighted by atomic mass is 9.80. The number of carboxylic acids is 1. The minimum atomic E-state index is -0.822. The van der Waals surface area contributed by atoms with Crippen LogP contribution in [0.15, 0.2) is 11.8 Å². The summed E-state index contributed by atoms with van der Waals surface area (Å²) in [4.78, 5) is 12.8. The monoisotopic (exact) mass is 199 g/mol. The van der Waals surface area contributed by atoms with Gasteiger partial charge in [-0.15, -0.1) is 0 Å². The molecule has 14 heavy (non-hydrogen) atoms. The van der Waals surface area contributed by atoms with Crippen molar-refractivity contribution in [1.29, 1.82) is 0 Å². The van der Waals surface area contributed by atoms with E-state index in [1.165, 1.54) is 0 Å². The molecule has 0 aromatic carbocycles. The van der Waals surface area contributed by atoms with Crippen LogP contribution in [0.3, 0.4) is 0 Å². The van der Waals surface area contributed by atoms with Crippen LogP contribution in [0, 0.1) is 5.41 Å². The first-order valence-corrected chi connectivity index (χ1v) is 4.93. The molecule has 0 amide bonds. The van der Waals surface area contributed by atoms with E-state index in [0.717, 1.165) is 12.8 Å². The third-order valence-corrected chi connectivity index (χ3v) is 2.22. The van der Waals surface area contributed by atoms with Gasteiger partial charge in [-0.2, -0.15) is 0 Å². The van der Waals surface area contributed by atoms with Crippen molar-refractivity contribution in [3.8, 4) is 0 Å². The summed E-state index contributed by atoms with van der Waals surface area (Å²) in [5, 5.41) is 9.09. The van der Waals surface area contributed by atoms with E-state index in [2.05, 4.69) is 6.92 Å². The van der Waals surface area contributed by atoms with Crippen molar-refractivity contribution in [3.63, 3.8) is 0 Å². The fraction of sp³-hybridized carbons (Fsp3) is 0.727. The molecule has 0 fully saturated rings. The number of hydrogen-bond acceptors (Lipinski definition) is 2. The van der Waals surface area contributed by atoms with Crippen LogP contribution in [-0.2, 0) is 4.79 Å². The number of carbonyl (C=O) groups is 1. The molecule has 0 radical (unpaired) electrons. The minimum Gasteiger partial charge on any atom is -0.478 e. The molecule has 0 aliphatic rings. The minimum absolute atomic E-state index is 0.259. The highest BCUT2D eigenvalue weighted by Gasteiger charge is 2.27. The van der Waals surface area contributed by atoms with Crippen LogP contribution in [0.1, 0.15) is 33.6 Å². The van der Waals surface area contributed by atoms with Gasteiger partial charge in [0, 0.05) is 20.3 Å². The third-order valence-electron chi connectivity index (χ3n) is 2.22. The Kier molecular flexibility index (Phi) is 4.68. The molecule has 0 aromatic rings. The van der Waals surface area contributed by atoms with Gasteiger partial charge < -0.3 is 10.0 Å². The fourth-order valence-corrected chi connectivity index (χ4v) is 1.54. The summed E-state index contributed by atoms with van der Waals surface area (Å²) in [6, 6.07) is 0. The van der Waals surface area contributed by atoms with E-state index in [-0.39, 0.29) is 5.41 Å². The maximum Gasteiger partial charge on any atom is 0.333 e. The standard InChI is InChI=1S/C11H21NO2/c1-6-7-11(2,3)9(10(13)14)8-12(4)5/h8H,6-7H2,1-5H3,(H,13,14). The van der Waals surface area contributed by atoms with Crippen LogP contribution >= 0.6 is 0 Å². The van der Waals surface area contributed by atoms with Crippen LogP contribution in [0.4, 0.5) is 0 Å². The van der Waals surface area contributed by atoms with E-state index in [0.29, 0.717) is 5.57 Å². The van der Waals surface area contributed by atoms with E-state index in [1.807, 2.05) is 27.9 Å². The SMILES string of the molecule is CCCC(C)(C)C(=CN(C)C)C(=O)O. The van der Waals surface area contributed by atoms with E-state index >= 15 is 0 Å². The molecular formula is C11H21NO2. The Labute approximate surface area is 86.4 Å². The molecule has 3 nitrogen and oxygen atoms in total. The second-order valence-corrected chi connectivity index (χ2v) is 4.45. The normalized spacial score (nSPS) is 12.8. The zero-order valence-corrected chi connectivity index (χ0v) is 9.79. The molecule has 3 heteroatoms. The zero-order chi connectivity index (χ0) is 11.4. The molecule has 0 aliphatic carbocycles. The predicted molar refractivity (Wildman–Crippen MR) is 58.1 cm³/mol. The number of carboxylic acid groups (broad SMARTS) is 1. The first-order valence-electron chi connectivity index (χ1n) is 4.93. The summed E-state index contributed by atoms with van der Waals surface area (Å²) in [5.74, 6) is -0.822. The van der Waals surface area contributed by atoms with Crippen LogP contribution in [0.25, 0.3) is 0 Å². The molecule has 1 N–H and O–H groups in total. The van der Waals surface area contributed by atoms with Crippen molar-refractivity contribution in [2.24, 2.45) is 5.41 Å². The van der Waals surface area contributed by atoms with Gasteiger partial charge in [0.2, 0.25) is 0 Å². The number of hydrogen-bond donors (Lipinski definition) is 1. The Morgan fingerprint density at radius 3 is 2.21 bits per heavy atom. The summed E-state index contributed by atoms with van der Waals surface area (Å²) >= 11 is 0. The maximum absolute atomic E-state index is 11.1. The van der Waals surface area contributed by atoms with Crippen molar-refractivity contribution in [2.75, 3.05) is 14.1 Å². The molecular weight excluding hydrogens is 178 g/mol. The molecule has 0 bridgehead atoms. The Bertz CT molecular complexity index is 229. The van der Waals surface area contributed by atoms with Crippen molar-refractivity contribution >= 4 is 5.97 Å². The van der Waals surface area contributed by atoms with Crippen LogP contribution < -0.4 is 0 Å². The lowest BCUT2D eigenvalue weighted by molar-refractivity contribution is -0.134. The first kappa shape index (κ1) is 13.0. The lowest BCUT2D eigenvalue weighted by Crippen LogP contribution is -2.23. The van der Waals surface area contributed by atoms with Crippen LogP contribution in [0.2, 0.25) is 0 Å². The van der Waals surface area contributed by atoms with Crippen LogP contribution in [-0.4, -0.2) is 30.1 Å². The van der Waals surface area contributed by atoms with Crippen molar-refractivity contribution in [2.45, 2.75) is 33.6 Å². The number of rotatable bonds is 5. The van der Waals surface area contributed by atoms with Gasteiger partial charge in [-0.25, -0.2) is 4.79 Å². The molecule has 0 aliphatic heterocycles. The summed E-state index contributed by atoms with van der Waals surface area (Å²) < 4.78 is 0. The molecule has 0 spiro atoms. The van der Waals surface area contributed by atoms with Gasteiger partial charge in [-0.1, -0.05) is 27.2 Å². The molecule has 0 unspecified atom stereocenters. The van der Waals surface area contributed by atoms with Gasteiger partial charge in [-0.3, -0.25) is 0 Å². The predicted octanol–water partition coefficient (Wildman–Crippen LogP) is 2.34. The molecule has 0 atom stereocenters. The Morgan fingerprint density at radius 1 is 1.43 bits per heavy atom. The molecule has 0 saturated heterocycles. The quantitative estimate of drug-likeness (QED) is 0.691. The first-order chi connectivity index (χ1) is 6.31. The topological polar surface area (TPSA) is 40.5 Å². The molecule has 0 heterocycles. The number of nitrogens with zero attached hydrogens (tertiary/aromatic N) is 1. The van der Waals surface area contributed by atoms with Gasteiger partial charge in [-0.05, 0) is 11.8 Å². The van der Waals surface area contributed by atoms with Gasteiger partial charge in [0.25, 0.3) is 0 Å². The number of aliphatic carboxylic acids is 1. The highest BCUT2D eigenvalue weighted by molar-refractivity contribution is 5.87. The molecule has 0 rings (SSSR count). The summed E-state index contributed by atoms with van der Waals surface area (Å²) in [7, 11) is 3.68. The molecule has 82 valence electrons. The van der Waals surface area contributed by atoms with E-state index in [1.54, 1.807) is 11.1 Å². The summed E-state index contributed by atoms with van der Waals surface area (Å²) in [5.41, 5.74) is 0.217. The molecule has 0 saturated carbocycles. The van der Waals surface area contributed by atoms with E-state index in [9.17, 15) is 4.79 Å². The lowest BCUT2D eigenvalue weighted by Gasteiger charge is -2.26. The maximum atomic E-state index is 11.1. The highest BCUT2D eigenvalue weighted by atomic mass is 16.4. The van der Waals surface area contributed by atoms with Gasteiger partial charge in [0.1, 0.15) is 0 Å². The van der Waals surface area contributed by atoms with Crippen molar-refractivity contribution in [1.82, 2.24) is 4.90 Å². The second-order valence-electron chi connectivity index (χ2n) is 4.45. The van der Waals surface area contributed by atoms with E-state index in [4.69, 9.17) is 5.11 Å². The second kappa shape index (κ2) is 5.03. The zero-order valence-electron chi connectivity index (χ0n) is 9.79. The Morgan fingerprint density at radius 2 is 1.93 bits per heavy atom. The summed E-state index contributed by atoms with van der Waals surface area (Å²) in [6.07, 6.45) is 3.57. The Hall–Kier alpha value is -0.990. The van der Waals surface area contributed by atoms with Crippen molar-refractivity contribution in [3.05, 3.63) is 11.8 Å².